The van der Waals surface area contributed by atoms with Crippen LogP contribution in [0.4, 0.5) is 5.82 Å². The number of nitrogens with zero attached hydrogens (tertiary/aromatic N) is 1. The molecule has 0 saturated carbocycles. The van der Waals surface area contributed by atoms with E-state index in [1.807, 2.05) is 0 Å². The van der Waals surface area contributed by atoms with Crippen molar-refractivity contribution in [2.45, 2.75) is 12.2 Å². The molecule has 1 unspecified atom stereocenters. The number of benzene rings is 1. The van der Waals surface area contributed by atoms with Gasteiger partial charge in [-0.25, -0.2) is 8.42 Å². The van der Waals surface area contributed by atoms with Gasteiger partial charge < -0.3 is 10.3 Å². The van der Waals surface area contributed by atoms with Crippen LogP contribution in [0.25, 0.3) is 11.1 Å². The zero-order valence-electron chi connectivity index (χ0n) is 10.4. The Morgan fingerprint density at radius 1 is 1.37 bits per heavy atom. The van der Waals surface area contributed by atoms with E-state index in [9.17, 15) is 8.42 Å². The van der Waals surface area contributed by atoms with Gasteiger partial charge in [0.15, 0.2) is 21.4 Å². The molecule has 0 saturated heterocycles. The summed E-state index contributed by atoms with van der Waals surface area (Å²) < 4.78 is 28.4. The van der Waals surface area contributed by atoms with E-state index >= 15 is 0 Å². The van der Waals surface area contributed by atoms with Gasteiger partial charge in [-0.1, -0.05) is 35.0 Å². The molecule has 0 aliphatic heterocycles. The van der Waals surface area contributed by atoms with Gasteiger partial charge in [0.25, 0.3) is 0 Å². The van der Waals surface area contributed by atoms with Gasteiger partial charge >= 0.3 is 0 Å². The second-order valence-electron chi connectivity index (χ2n) is 4.26. The van der Waals surface area contributed by atoms with Gasteiger partial charge in [0.1, 0.15) is 5.25 Å². The van der Waals surface area contributed by atoms with Crippen LogP contribution in [0.3, 0.4) is 0 Å². The van der Waals surface area contributed by atoms with Crippen molar-refractivity contribution in [3.63, 3.8) is 0 Å². The zero-order valence-corrected chi connectivity index (χ0v) is 12.0. The van der Waals surface area contributed by atoms with Gasteiger partial charge in [0.2, 0.25) is 0 Å². The van der Waals surface area contributed by atoms with Crippen LogP contribution < -0.4 is 5.73 Å². The molecular formula is C12H13ClN2O3S. The molecule has 1 atom stereocenters. The minimum atomic E-state index is -3.32. The lowest BCUT2D eigenvalue weighted by Gasteiger charge is -2.09. The Balaban J connectivity index is 2.66. The topological polar surface area (TPSA) is 86.2 Å². The molecule has 0 aliphatic rings. The lowest BCUT2D eigenvalue weighted by atomic mass is 10.0. The van der Waals surface area contributed by atoms with Crippen LogP contribution in [0.2, 0.25) is 5.02 Å². The van der Waals surface area contributed by atoms with Gasteiger partial charge in [-0.05, 0) is 13.0 Å². The van der Waals surface area contributed by atoms with Gasteiger partial charge in [-0.15, -0.1) is 0 Å². The predicted molar refractivity (Wildman–Crippen MR) is 74.6 cm³/mol. The third-order valence-corrected chi connectivity index (χ3v) is 4.73. The fraction of sp³-hybridized carbons (Fsp3) is 0.250. The predicted octanol–water partition coefficient (Wildman–Crippen LogP) is 2.68. The van der Waals surface area contributed by atoms with Gasteiger partial charge in [0.05, 0.1) is 5.56 Å². The van der Waals surface area contributed by atoms with Crippen molar-refractivity contribution >= 4 is 27.3 Å². The number of nitrogens with two attached hydrogens (primary N) is 1. The molecule has 0 aliphatic carbocycles. The first-order valence-corrected chi connectivity index (χ1v) is 7.84. The highest BCUT2D eigenvalue weighted by Gasteiger charge is 2.28. The molecule has 19 heavy (non-hydrogen) atoms. The van der Waals surface area contributed by atoms with Crippen LogP contribution in [0, 0.1) is 0 Å². The Bertz CT molecular complexity index is 710. The summed E-state index contributed by atoms with van der Waals surface area (Å²) >= 11 is 6.10. The third-order valence-electron chi connectivity index (χ3n) is 2.90. The lowest BCUT2D eigenvalue weighted by Crippen LogP contribution is -2.08. The number of hydrogen-bond donors (Lipinski definition) is 1. The Kier molecular flexibility index (Phi) is 3.56. The van der Waals surface area contributed by atoms with E-state index < -0.39 is 15.1 Å². The number of anilines is 1. The van der Waals surface area contributed by atoms with Crippen LogP contribution in [0.5, 0.6) is 0 Å². The standard InChI is InChI=1S/C12H13ClN2O3S/c1-7(19(2,16)17)11-10(12(14)15-18-11)8-5-3-4-6-9(8)13/h3-7H,1-2H3,(H2,14,15). The quantitative estimate of drug-likeness (QED) is 0.941. The molecule has 2 rings (SSSR count). The van der Waals surface area contributed by atoms with Crippen molar-refractivity contribution in [2.75, 3.05) is 12.0 Å². The van der Waals surface area contributed by atoms with Crippen LogP contribution in [0.1, 0.15) is 17.9 Å². The van der Waals surface area contributed by atoms with Crippen molar-refractivity contribution in [3.8, 4) is 11.1 Å². The van der Waals surface area contributed by atoms with E-state index in [-0.39, 0.29) is 11.6 Å². The van der Waals surface area contributed by atoms with Crippen molar-refractivity contribution in [1.82, 2.24) is 5.16 Å². The fourth-order valence-electron chi connectivity index (χ4n) is 1.72. The smallest absolute Gasteiger partial charge is 0.175 e. The first-order valence-electron chi connectivity index (χ1n) is 5.51. The van der Waals surface area contributed by atoms with E-state index in [2.05, 4.69) is 5.16 Å². The Hall–Kier alpha value is -1.53. The molecule has 1 heterocycles. The van der Waals surface area contributed by atoms with Crippen LogP contribution >= 0.6 is 11.6 Å². The average Bonchev–Trinajstić information content (AvgIpc) is 2.69. The van der Waals surface area contributed by atoms with Crippen molar-refractivity contribution in [2.24, 2.45) is 0 Å². The molecule has 1 aromatic heterocycles. The highest BCUT2D eigenvalue weighted by atomic mass is 35.5. The van der Waals surface area contributed by atoms with Crippen molar-refractivity contribution in [1.29, 1.82) is 0 Å². The highest BCUT2D eigenvalue weighted by molar-refractivity contribution is 7.90. The van der Waals surface area contributed by atoms with E-state index in [1.54, 1.807) is 24.3 Å². The highest BCUT2D eigenvalue weighted by Crippen LogP contribution is 2.39. The van der Waals surface area contributed by atoms with Gasteiger partial charge in [-0.2, -0.15) is 0 Å². The average molecular weight is 301 g/mol. The number of sulfone groups is 1. The summed E-state index contributed by atoms with van der Waals surface area (Å²) in [6, 6.07) is 6.99. The molecule has 7 heteroatoms. The summed E-state index contributed by atoms with van der Waals surface area (Å²) in [6.07, 6.45) is 1.13. The molecule has 0 radical (unpaired) electrons. The Labute approximate surface area is 116 Å². The minimum Gasteiger partial charge on any atom is -0.380 e. The second kappa shape index (κ2) is 4.86. The largest absolute Gasteiger partial charge is 0.380 e. The molecule has 0 spiro atoms. The van der Waals surface area contributed by atoms with Crippen LogP contribution in [0.15, 0.2) is 28.8 Å². The maximum absolute atomic E-state index is 11.6. The molecule has 0 bridgehead atoms. The van der Waals surface area contributed by atoms with Crippen molar-refractivity contribution < 1.29 is 12.9 Å². The molecule has 2 aromatic rings. The monoisotopic (exact) mass is 300 g/mol. The SMILES string of the molecule is CC(c1onc(N)c1-c1ccccc1Cl)S(C)(=O)=O. The third kappa shape index (κ3) is 2.59. The maximum atomic E-state index is 11.6. The molecule has 5 nitrogen and oxygen atoms in total. The summed E-state index contributed by atoms with van der Waals surface area (Å²) in [7, 11) is -3.32. The van der Waals surface area contributed by atoms with Crippen LogP contribution in [-0.4, -0.2) is 19.8 Å². The number of halogens is 1. The molecule has 0 fully saturated rings. The van der Waals surface area contributed by atoms with E-state index in [0.29, 0.717) is 16.1 Å². The van der Waals surface area contributed by atoms with E-state index in [0.717, 1.165) is 6.26 Å². The Morgan fingerprint density at radius 3 is 2.58 bits per heavy atom. The zero-order chi connectivity index (χ0) is 14.2. The minimum absolute atomic E-state index is 0.124. The molecule has 0 amide bonds. The summed E-state index contributed by atoms with van der Waals surface area (Å²) in [5.41, 5.74) is 6.80. The fourth-order valence-corrected chi connectivity index (χ4v) is 2.50. The number of nitrogen functional groups attached to an aromatic ring is 1. The second-order valence-corrected chi connectivity index (χ2v) is 7.03. The number of rotatable bonds is 3. The van der Waals surface area contributed by atoms with E-state index in [4.69, 9.17) is 21.9 Å². The summed E-state index contributed by atoms with van der Waals surface area (Å²) in [6.45, 7) is 1.52. The molecule has 102 valence electrons. The lowest BCUT2D eigenvalue weighted by molar-refractivity contribution is 0.385. The molecule has 1 aromatic carbocycles. The number of hydrogen-bond acceptors (Lipinski definition) is 5. The normalized spacial score (nSPS) is 13.4. The van der Waals surface area contributed by atoms with E-state index in [1.165, 1.54) is 6.92 Å². The van der Waals surface area contributed by atoms with Crippen LogP contribution in [-0.2, 0) is 9.84 Å². The summed E-state index contributed by atoms with van der Waals surface area (Å²) in [5.74, 6) is 0.326. The summed E-state index contributed by atoms with van der Waals surface area (Å²) in [5, 5.41) is 3.26. The molecular weight excluding hydrogens is 288 g/mol. The maximum Gasteiger partial charge on any atom is 0.175 e. The van der Waals surface area contributed by atoms with Gasteiger partial charge in [-0.3, -0.25) is 0 Å². The first kappa shape index (κ1) is 13.9. The number of aromatic nitrogens is 1. The Morgan fingerprint density at radius 2 is 2.00 bits per heavy atom. The summed E-state index contributed by atoms with van der Waals surface area (Å²) in [4.78, 5) is 0. The molecule has 2 N–H and O–H groups in total. The van der Waals surface area contributed by atoms with Gasteiger partial charge in [0, 0.05) is 16.8 Å². The van der Waals surface area contributed by atoms with Crippen molar-refractivity contribution in [3.05, 3.63) is 35.0 Å². The first-order chi connectivity index (χ1) is 8.82.